The van der Waals surface area contributed by atoms with Crippen molar-refractivity contribution in [3.05, 3.63) is 82.9 Å². The minimum atomic E-state index is -1.58. The van der Waals surface area contributed by atoms with Gasteiger partial charge in [0.1, 0.15) is 17.1 Å². The summed E-state index contributed by atoms with van der Waals surface area (Å²) >= 11 is 0. The maximum Gasteiger partial charge on any atom is 0.161 e. The highest BCUT2D eigenvalue weighted by Crippen LogP contribution is 2.68. The highest BCUT2D eigenvalue weighted by molar-refractivity contribution is 5.63. The zero-order valence-corrected chi connectivity index (χ0v) is 19.9. The fraction of sp³-hybridized carbons (Fsp3) is 0.357. The van der Waals surface area contributed by atoms with Crippen molar-refractivity contribution in [2.45, 2.75) is 35.9 Å². The summed E-state index contributed by atoms with van der Waals surface area (Å²) in [6.45, 7) is 0. The monoisotopic (exact) mass is 462 g/mol. The average Bonchev–Trinajstić information content (AvgIpc) is 3.28. The largest absolute Gasteiger partial charge is 0.497 e. The molecule has 4 unspecified atom stereocenters. The van der Waals surface area contributed by atoms with E-state index in [1.165, 1.54) is 0 Å². The molecule has 0 heterocycles. The Balaban J connectivity index is 1.83. The van der Waals surface area contributed by atoms with Gasteiger partial charge in [-0.3, -0.25) is 0 Å². The Morgan fingerprint density at radius 1 is 0.794 bits per heavy atom. The number of hydrogen-bond acceptors (Lipinski definition) is 6. The summed E-state index contributed by atoms with van der Waals surface area (Å²) in [5.41, 5.74) is 1.00. The molecule has 34 heavy (non-hydrogen) atoms. The van der Waals surface area contributed by atoms with E-state index < -0.39 is 17.1 Å². The van der Waals surface area contributed by atoms with E-state index in [2.05, 4.69) is 12.1 Å². The number of ether oxygens (including phenoxy) is 4. The normalized spacial score (nSPS) is 27.1. The van der Waals surface area contributed by atoms with Crippen LogP contribution in [-0.2, 0) is 17.4 Å². The van der Waals surface area contributed by atoms with Crippen molar-refractivity contribution in [1.82, 2.24) is 0 Å². The van der Waals surface area contributed by atoms with Crippen molar-refractivity contribution in [3.8, 4) is 23.0 Å². The molecule has 0 spiro atoms. The van der Waals surface area contributed by atoms with Crippen molar-refractivity contribution in [2.24, 2.45) is 0 Å². The summed E-state index contributed by atoms with van der Waals surface area (Å²) in [4.78, 5) is 0. The summed E-state index contributed by atoms with van der Waals surface area (Å²) < 4.78 is 22.4. The van der Waals surface area contributed by atoms with Crippen LogP contribution in [0, 0.1) is 0 Å². The smallest absolute Gasteiger partial charge is 0.161 e. The zero-order valence-electron chi connectivity index (χ0n) is 19.9. The zero-order chi connectivity index (χ0) is 24.1. The van der Waals surface area contributed by atoms with Gasteiger partial charge in [0.2, 0.25) is 0 Å². The highest BCUT2D eigenvalue weighted by atomic mass is 16.5. The fourth-order valence-electron chi connectivity index (χ4n) is 6.34. The van der Waals surface area contributed by atoms with Gasteiger partial charge in [0.25, 0.3) is 0 Å². The molecule has 2 N–H and O–H groups in total. The molecule has 0 radical (unpaired) electrons. The first kappa shape index (κ1) is 22.6. The molecule has 0 aliphatic heterocycles. The van der Waals surface area contributed by atoms with Crippen LogP contribution in [0.15, 0.2) is 60.7 Å². The van der Waals surface area contributed by atoms with Crippen LogP contribution in [0.5, 0.6) is 23.0 Å². The molecule has 178 valence electrons. The summed E-state index contributed by atoms with van der Waals surface area (Å²) in [5, 5.41) is 24.2. The number of fused-ring (bicyclic) bond motifs is 3. The van der Waals surface area contributed by atoms with Crippen molar-refractivity contribution >= 4 is 0 Å². The third-order valence-corrected chi connectivity index (χ3v) is 7.78. The van der Waals surface area contributed by atoms with Gasteiger partial charge in [-0.15, -0.1) is 0 Å². The van der Waals surface area contributed by atoms with Crippen LogP contribution in [0.2, 0.25) is 0 Å². The fourth-order valence-corrected chi connectivity index (χ4v) is 6.34. The SMILES string of the molecule is COc1cc2c(c(OC)c1)C1(O)C(O)CC(c3ccccc3)C1(c1ccc(OC)c(OC)c1)C2. The van der Waals surface area contributed by atoms with E-state index in [0.717, 1.165) is 16.7 Å². The Hall–Kier alpha value is -3.22. The molecule has 0 amide bonds. The molecule has 0 saturated heterocycles. The van der Waals surface area contributed by atoms with Crippen molar-refractivity contribution in [2.75, 3.05) is 28.4 Å². The Bertz CT molecular complexity index is 1210. The minimum absolute atomic E-state index is 0.157. The van der Waals surface area contributed by atoms with Crippen LogP contribution < -0.4 is 18.9 Å². The van der Waals surface area contributed by atoms with E-state index in [1.807, 2.05) is 42.5 Å². The predicted octanol–water partition coefficient (Wildman–Crippen LogP) is 3.95. The van der Waals surface area contributed by atoms with Gasteiger partial charge in [0.05, 0.1) is 34.5 Å². The molecule has 2 aliphatic carbocycles. The second-order valence-electron chi connectivity index (χ2n) is 9.06. The standard InChI is InChI=1S/C28H30O6/c1-31-20-12-18-16-27(19-10-11-22(32-2)23(13-19)33-3)21(17-8-6-5-7-9-17)15-25(29)28(27,30)26(18)24(14-20)34-4/h5-14,21,25,29-30H,15-16H2,1-4H3. The lowest BCUT2D eigenvalue weighted by Gasteiger charge is -2.43. The topological polar surface area (TPSA) is 77.4 Å². The van der Waals surface area contributed by atoms with E-state index in [9.17, 15) is 10.2 Å². The van der Waals surface area contributed by atoms with E-state index in [0.29, 0.717) is 41.4 Å². The lowest BCUT2D eigenvalue weighted by molar-refractivity contribution is -0.0938. The van der Waals surface area contributed by atoms with Gasteiger partial charge >= 0.3 is 0 Å². The van der Waals surface area contributed by atoms with Crippen LogP contribution >= 0.6 is 0 Å². The molecule has 2 aliphatic rings. The second kappa shape index (κ2) is 8.22. The van der Waals surface area contributed by atoms with Crippen molar-refractivity contribution in [3.63, 3.8) is 0 Å². The lowest BCUT2D eigenvalue weighted by atomic mass is 9.63. The van der Waals surface area contributed by atoms with Crippen LogP contribution in [0.25, 0.3) is 0 Å². The van der Waals surface area contributed by atoms with Gasteiger partial charge in [0.15, 0.2) is 11.5 Å². The second-order valence-corrected chi connectivity index (χ2v) is 9.06. The van der Waals surface area contributed by atoms with Gasteiger partial charge < -0.3 is 29.2 Å². The number of aliphatic hydroxyl groups excluding tert-OH is 1. The van der Waals surface area contributed by atoms with Crippen molar-refractivity contribution < 1.29 is 29.2 Å². The number of methoxy groups -OCH3 is 4. The van der Waals surface area contributed by atoms with Crippen LogP contribution in [0.3, 0.4) is 0 Å². The van der Waals surface area contributed by atoms with Crippen molar-refractivity contribution in [1.29, 1.82) is 0 Å². The Labute approximate surface area is 199 Å². The molecule has 0 aromatic heterocycles. The van der Waals surface area contributed by atoms with Gasteiger partial charge in [-0.05, 0) is 53.6 Å². The number of aliphatic hydroxyl groups is 2. The summed E-state index contributed by atoms with van der Waals surface area (Å²) in [6, 6.07) is 19.5. The Morgan fingerprint density at radius 3 is 2.15 bits per heavy atom. The Kier molecular flexibility index (Phi) is 5.46. The third-order valence-electron chi connectivity index (χ3n) is 7.78. The van der Waals surface area contributed by atoms with Crippen LogP contribution in [-0.4, -0.2) is 44.8 Å². The molecule has 6 heteroatoms. The van der Waals surface area contributed by atoms with E-state index in [1.54, 1.807) is 34.5 Å². The molecular weight excluding hydrogens is 432 g/mol. The predicted molar refractivity (Wildman–Crippen MR) is 128 cm³/mol. The van der Waals surface area contributed by atoms with Gasteiger partial charge in [-0.25, -0.2) is 0 Å². The van der Waals surface area contributed by atoms with Gasteiger partial charge in [-0.1, -0.05) is 36.4 Å². The molecule has 5 rings (SSSR count). The molecule has 3 aromatic rings. The maximum absolute atomic E-state index is 12.6. The first-order valence-electron chi connectivity index (χ1n) is 11.4. The number of rotatable bonds is 6. The molecule has 0 bridgehead atoms. The summed E-state index contributed by atoms with van der Waals surface area (Å²) in [5.74, 6) is 2.18. The summed E-state index contributed by atoms with van der Waals surface area (Å²) in [6.07, 6.45) is -0.100. The third kappa shape index (κ3) is 2.88. The molecule has 3 aromatic carbocycles. The first-order valence-corrected chi connectivity index (χ1v) is 11.4. The molecule has 4 atom stereocenters. The molecular formula is C28H30O6. The maximum atomic E-state index is 12.6. The van der Waals surface area contributed by atoms with E-state index in [-0.39, 0.29) is 5.92 Å². The summed E-state index contributed by atoms with van der Waals surface area (Å²) in [7, 11) is 6.38. The Morgan fingerprint density at radius 2 is 1.50 bits per heavy atom. The van der Waals surface area contributed by atoms with Gasteiger partial charge in [-0.2, -0.15) is 0 Å². The molecule has 6 nitrogen and oxygen atoms in total. The number of hydrogen-bond donors (Lipinski definition) is 2. The molecule has 1 saturated carbocycles. The van der Waals surface area contributed by atoms with Crippen LogP contribution in [0.1, 0.15) is 34.6 Å². The lowest BCUT2D eigenvalue weighted by Crippen LogP contribution is -2.49. The number of benzene rings is 3. The van der Waals surface area contributed by atoms with E-state index in [4.69, 9.17) is 18.9 Å². The van der Waals surface area contributed by atoms with Gasteiger partial charge in [0, 0.05) is 17.0 Å². The quantitative estimate of drug-likeness (QED) is 0.578. The molecule has 1 fully saturated rings. The van der Waals surface area contributed by atoms with E-state index >= 15 is 0 Å². The van der Waals surface area contributed by atoms with Crippen LogP contribution in [0.4, 0.5) is 0 Å². The highest BCUT2D eigenvalue weighted by Gasteiger charge is 2.70. The minimum Gasteiger partial charge on any atom is -0.497 e. The first-order chi connectivity index (χ1) is 16.4. The average molecular weight is 463 g/mol.